The Morgan fingerprint density at radius 3 is 2.81 bits per heavy atom. The summed E-state index contributed by atoms with van der Waals surface area (Å²) in [5.41, 5.74) is 0.525. The van der Waals surface area contributed by atoms with E-state index in [9.17, 15) is 13.6 Å². The topological polar surface area (TPSA) is 59.2 Å². The molecule has 1 atom stereocenters. The minimum Gasteiger partial charge on any atom is -0.339 e. The lowest BCUT2D eigenvalue weighted by molar-refractivity contribution is -0.131. The molecule has 0 fully saturated rings. The minimum atomic E-state index is -0.929. The van der Waals surface area contributed by atoms with Gasteiger partial charge in [-0.3, -0.25) is 4.79 Å². The summed E-state index contributed by atoms with van der Waals surface area (Å²) < 4.78 is 31.6. The molecule has 5 nitrogen and oxygen atoms in total. The molecule has 0 aliphatic carbocycles. The van der Waals surface area contributed by atoms with Gasteiger partial charge in [0.2, 0.25) is 17.6 Å². The Morgan fingerprint density at radius 1 is 1.31 bits per heavy atom. The third-order valence-electron chi connectivity index (χ3n) is 4.16. The summed E-state index contributed by atoms with van der Waals surface area (Å²) in [7, 11) is 1.62. The number of rotatable bonds is 6. The molecule has 0 saturated heterocycles. The molecule has 26 heavy (non-hydrogen) atoms. The quantitative estimate of drug-likeness (QED) is 0.645. The second-order valence-corrected chi connectivity index (χ2v) is 6.79. The molecule has 0 aliphatic heterocycles. The molecule has 2 aromatic heterocycles. The number of aryl methyl sites for hydroxylation is 1. The second kappa shape index (κ2) is 7.74. The first-order valence-corrected chi connectivity index (χ1v) is 8.90. The SMILES string of the molecule is CC(c1ccc(F)c(F)c1)N(C)C(=O)CCc1nc(-c2cccs2)no1. The van der Waals surface area contributed by atoms with Crippen LogP contribution in [0.5, 0.6) is 0 Å². The van der Waals surface area contributed by atoms with Crippen LogP contribution in [0.1, 0.15) is 30.8 Å². The lowest BCUT2D eigenvalue weighted by Crippen LogP contribution is -2.30. The summed E-state index contributed by atoms with van der Waals surface area (Å²) >= 11 is 1.50. The minimum absolute atomic E-state index is 0.155. The van der Waals surface area contributed by atoms with Crippen LogP contribution in [0.15, 0.2) is 40.2 Å². The largest absolute Gasteiger partial charge is 0.339 e. The molecule has 0 saturated carbocycles. The number of halogens is 2. The molecule has 0 spiro atoms. The monoisotopic (exact) mass is 377 g/mol. The van der Waals surface area contributed by atoms with Gasteiger partial charge in [0.1, 0.15) is 0 Å². The average molecular weight is 377 g/mol. The lowest BCUT2D eigenvalue weighted by atomic mass is 10.1. The number of amides is 1. The van der Waals surface area contributed by atoms with Crippen LogP contribution in [0.4, 0.5) is 8.78 Å². The van der Waals surface area contributed by atoms with Crippen LogP contribution in [-0.4, -0.2) is 28.0 Å². The van der Waals surface area contributed by atoms with Crippen molar-refractivity contribution in [2.24, 2.45) is 0 Å². The summed E-state index contributed by atoms with van der Waals surface area (Å²) in [6.45, 7) is 1.76. The van der Waals surface area contributed by atoms with Gasteiger partial charge in [-0.1, -0.05) is 17.3 Å². The van der Waals surface area contributed by atoms with E-state index < -0.39 is 11.6 Å². The van der Waals surface area contributed by atoms with Crippen LogP contribution >= 0.6 is 11.3 Å². The van der Waals surface area contributed by atoms with Gasteiger partial charge in [-0.15, -0.1) is 11.3 Å². The molecule has 3 aromatic rings. The van der Waals surface area contributed by atoms with Crippen molar-refractivity contribution in [2.75, 3.05) is 7.05 Å². The fraction of sp³-hybridized carbons (Fsp3) is 0.278. The number of carbonyl (C=O) groups is 1. The third kappa shape index (κ3) is 3.96. The molecule has 0 aliphatic rings. The lowest BCUT2D eigenvalue weighted by Gasteiger charge is -2.25. The zero-order valence-corrected chi connectivity index (χ0v) is 15.1. The van der Waals surface area contributed by atoms with Crippen molar-refractivity contribution in [2.45, 2.75) is 25.8 Å². The molecule has 3 rings (SSSR count). The first kappa shape index (κ1) is 18.2. The number of hydrogen-bond donors (Lipinski definition) is 0. The predicted octanol–water partition coefficient (Wildman–Crippen LogP) is 4.23. The van der Waals surface area contributed by atoms with Crippen LogP contribution in [0.2, 0.25) is 0 Å². The van der Waals surface area contributed by atoms with Crippen molar-refractivity contribution in [3.05, 3.63) is 58.8 Å². The van der Waals surface area contributed by atoms with Crippen molar-refractivity contribution < 1.29 is 18.1 Å². The summed E-state index contributed by atoms with van der Waals surface area (Å²) in [6.07, 6.45) is 0.489. The first-order valence-electron chi connectivity index (χ1n) is 8.02. The summed E-state index contributed by atoms with van der Waals surface area (Å²) in [6, 6.07) is 7.04. The molecule has 0 bridgehead atoms. The number of aromatic nitrogens is 2. The van der Waals surface area contributed by atoms with Crippen molar-refractivity contribution in [3.8, 4) is 10.7 Å². The fourth-order valence-corrected chi connectivity index (χ4v) is 3.11. The van der Waals surface area contributed by atoms with Crippen LogP contribution in [0.25, 0.3) is 10.7 Å². The Labute approximate surface area is 153 Å². The molecule has 0 radical (unpaired) electrons. The Bertz CT molecular complexity index is 896. The standard InChI is InChI=1S/C18H17F2N3O2S/c1-11(12-5-6-13(19)14(20)10-12)23(2)17(24)8-7-16-21-18(22-25-16)15-4-3-9-26-15/h3-6,9-11H,7-8H2,1-2H3. The van der Waals surface area contributed by atoms with E-state index in [2.05, 4.69) is 10.1 Å². The number of benzene rings is 1. The zero-order chi connectivity index (χ0) is 18.7. The molecule has 1 unspecified atom stereocenters. The smallest absolute Gasteiger partial charge is 0.227 e. The highest BCUT2D eigenvalue weighted by molar-refractivity contribution is 7.13. The van der Waals surface area contributed by atoms with Gasteiger partial charge >= 0.3 is 0 Å². The van der Waals surface area contributed by atoms with Crippen LogP contribution in [0.3, 0.4) is 0 Å². The summed E-state index contributed by atoms with van der Waals surface area (Å²) in [5, 5.41) is 5.82. The molecule has 136 valence electrons. The van der Waals surface area contributed by atoms with Gasteiger partial charge < -0.3 is 9.42 Å². The van der Waals surface area contributed by atoms with Gasteiger partial charge in [0.25, 0.3) is 0 Å². The van der Waals surface area contributed by atoms with Gasteiger partial charge in [0.15, 0.2) is 11.6 Å². The van der Waals surface area contributed by atoms with Crippen molar-refractivity contribution in [1.29, 1.82) is 0 Å². The maximum atomic E-state index is 13.4. The number of nitrogens with zero attached hydrogens (tertiary/aromatic N) is 3. The van der Waals surface area contributed by atoms with E-state index in [-0.39, 0.29) is 18.4 Å². The maximum Gasteiger partial charge on any atom is 0.227 e. The van der Waals surface area contributed by atoms with Gasteiger partial charge in [0, 0.05) is 19.9 Å². The van der Waals surface area contributed by atoms with Crippen molar-refractivity contribution in [1.82, 2.24) is 15.0 Å². The Kier molecular flexibility index (Phi) is 5.41. The fourth-order valence-electron chi connectivity index (χ4n) is 2.46. The highest BCUT2D eigenvalue weighted by atomic mass is 32.1. The van der Waals surface area contributed by atoms with E-state index in [1.165, 1.54) is 22.3 Å². The summed E-state index contributed by atoms with van der Waals surface area (Å²) in [5.74, 6) is -1.10. The normalized spacial score (nSPS) is 12.2. The highest BCUT2D eigenvalue weighted by Gasteiger charge is 2.20. The number of carbonyl (C=O) groups excluding carboxylic acids is 1. The zero-order valence-electron chi connectivity index (χ0n) is 14.3. The average Bonchev–Trinajstić information content (AvgIpc) is 3.32. The predicted molar refractivity (Wildman–Crippen MR) is 93.5 cm³/mol. The van der Waals surface area contributed by atoms with E-state index in [0.29, 0.717) is 23.7 Å². The third-order valence-corrected chi connectivity index (χ3v) is 5.03. The molecule has 2 heterocycles. The van der Waals surface area contributed by atoms with E-state index in [1.807, 2.05) is 17.5 Å². The first-order chi connectivity index (χ1) is 12.5. The molecule has 1 aromatic carbocycles. The van der Waals surface area contributed by atoms with Gasteiger partial charge in [-0.2, -0.15) is 4.98 Å². The van der Waals surface area contributed by atoms with E-state index >= 15 is 0 Å². The molecule has 0 N–H and O–H groups in total. The number of hydrogen-bond acceptors (Lipinski definition) is 5. The van der Waals surface area contributed by atoms with Gasteiger partial charge in [0.05, 0.1) is 10.9 Å². The van der Waals surface area contributed by atoms with Crippen LogP contribution in [0, 0.1) is 11.6 Å². The van der Waals surface area contributed by atoms with Crippen molar-refractivity contribution in [3.63, 3.8) is 0 Å². The van der Waals surface area contributed by atoms with E-state index in [4.69, 9.17) is 4.52 Å². The molecular weight excluding hydrogens is 360 g/mol. The van der Waals surface area contributed by atoms with Crippen molar-refractivity contribution >= 4 is 17.2 Å². The summed E-state index contributed by atoms with van der Waals surface area (Å²) in [4.78, 5) is 19.1. The van der Waals surface area contributed by atoms with Gasteiger partial charge in [-0.25, -0.2) is 8.78 Å². The Morgan fingerprint density at radius 2 is 2.12 bits per heavy atom. The van der Waals surface area contributed by atoms with E-state index in [1.54, 1.807) is 14.0 Å². The maximum absolute atomic E-state index is 13.4. The number of thiophene rings is 1. The van der Waals surface area contributed by atoms with Crippen LogP contribution in [-0.2, 0) is 11.2 Å². The second-order valence-electron chi connectivity index (χ2n) is 5.84. The van der Waals surface area contributed by atoms with Gasteiger partial charge in [-0.05, 0) is 36.1 Å². The Balaban J connectivity index is 1.59. The van der Waals surface area contributed by atoms with E-state index in [0.717, 1.165) is 17.0 Å². The molecule has 1 amide bonds. The van der Waals surface area contributed by atoms with Crippen LogP contribution < -0.4 is 0 Å². The highest BCUT2D eigenvalue weighted by Crippen LogP contribution is 2.23. The Hall–Kier alpha value is -2.61. The molecule has 8 heteroatoms. The molecular formula is C18H17F2N3O2S.